The van der Waals surface area contributed by atoms with Crippen molar-refractivity contribution in [2.24, 2.45) is 5.92 Å². The molecule has 0 N–H and O–H groups in total. The number of hydrogen-bond donors (Lipinski definition) is 0. The minimum atomic E-state index is -0.653. The average molecular weight is 502 g/mol. The first-order chi connectivity index (χ1) is 17.4. The molecule has 3 rings (SSSR count). The van der Waals surface area contributed by atoms with Gasteiger partial charge in [0, 0.05) is 6.54 Å². The summed E-state index contributed by atoms with van der Waals surface area (Å²) in [6, 6.07) is 12.2. The lowest BCUT2D eigenvalue weighted by atomic mass is 9.94. The second-order valence-electron chi connectivity index (χ2n) is 8.55. The van der Waals surface area contributed by atoms with Crippen molar-refractivity contribution in [3.8, 4) is 0 Å². The van der Waals surface area contributed by atoms with Crippen LogP contribution in [0.3, 0.4) is 0 Å². The number of ether oxygens (including phenoxy) is 3. The zero-order valence-electron chi connectivity index (χ0n) is 20.8. The smallest absolute Gasteiger partial charge is 0.345 e. The molecule has 0 unspecified atom stereocenters. The fourth-order valence-electron chi connectivity index (χ4n) is 4.18. The van der Waals surface area contributed by atoms with E-state index >= 15 is 0 Å². The maximum absolute atomic E-state index is 13.4. The standard InChI is InChI=1S/C28H33F2NO5/c1-3-34-27(32)25(28(33)35-4-2)19-20-13-15-31(16-14-20)17-18-36-26(21-5-9-23(29)10-6-21)22-7-11-24(30)12-8-22/h5-12,19-20,26H,3-4,13-18H2,1-2H3. The number of rotatable bonds is 11. The Kier molecular flexibility index (Phi) is 10.6. The number of allylic oxidation sites excluding steroid dienone is 1. The highest BCUT2D eigenvalue weighted by Crippen LogP contribution is 2.27. The second-order valence-corrected chi connectivity index (χ2v) is 8.55. The number of esters is 2. The highest BCUT2D eigenvalue weighted by Gasteiger charge is 2.25. The molecule has 0 radical (unpaired) electrons. The summed E-state index contributed by atoms with van der Waals surface area (Å²) in [7, 11) is 0. The van der Waals surface area contributed by atoms with Crippen molar-refractivity contribution in [2.75, 3.05) is 39.5 Å². The van der Waals surface area contributed by atoms with E-state index in [2.05, 4.69) is 4.90 Å². The van der Waals surface area contributed by atoms with Crippen LogP contribution >= 0.6 is 0 Å². The highest BCUT2D eigenvalue weighted by atomic mass is 19.1. The largest absolute Gasteiger partial charge is 0.462 e. The lowest BCUT2D eigenvalue weighted by molar-refractivity contribution is -0.146. The molecule has 2 aromatic carbocycles. The molecule has 0 bridgehead atoms. The number of hydrogen-bond acceptors (Lipinski definition) is 6. The summed E-state index contributed by atoms with van der Waals surface area (Å²) >= 11 is 0. The molecule has 0 aliphatic carbocycles. The number of nitrogens with zero attached hydrogens (tertiary/aromatic N) is 1. The molecular weight excluding hydrogens is 468 g/mol. The number of benzene rings is 2. The second kappa shape index (κ2) is 13.8. The third-order valence-electron chi connectivity index (χ3n) is 6.06. The van der Waals surface area contributed by atoms with Crippen molar-refractivity contribution in [2.45, 2.75) is 32.8 Å². The van der Waals surface area contributed by atoms with Gasteiger partial charge < -0.3 is 19.1 Å². The molecule has 0 amide bonds. The van der Waals surface area contributed by atoms with Crippen molar-refractivity contribution in [3.05, 3.63) is 82.9 Å². The van der Waals surface area contributed by atoms with Crippen LogP contribution in [-0.4, -0.2) is 56.3 Å². The number of likely N-dealkylation sites (tertiary alicyclic amines) is 1. The van der Waals surface area contributed by atoms with E-state index in [0.29, 0.717) is 13.2 Å². The molecular formula is C28H33F2NO5. The Bertz CT molecular complexity index is 950. The Labute approximate surface area is 210 Å². The average Bonchev–Trinajstić information content (AvgIpc) is 2.87. The minimum absolute atomic E-state index is 0.0399. The van der Waals surface area contributed by atoms with Crippen LogP contribution < -0.4 is 0 Å². The van der Waals surface area contributed by atoms with E-state index in [9.17, 15) is 18.4 Å². The predicted molar refractivity (Wildman–Crippen MR) is 131 cm³/mol. The van der Waals surface area contributed by atoms with Crippen LogP contribution in [0.2, 0.25) is 0 Å². The fourth-order valence-corrected chi connectivity index (χ4v) is 4.18. The van der Waals surface area contributed by atoms with Crippen molar-refractivity contribution >= 4 is 11.9 Å². The number of halogens is 2. The van der Waals surface area contributed by atoms with Crippen molar-refractivity contribution < 1.29 is 32.6 Å². The van der Waals surface area contributed by atoms with Crippen LogP contribution in [0, 0.1) is 17.6 Å². The Hall–Kier alpha value is -3.10. The van der Waals surface area contributed by atoms with Crippen LogP contribution in [-0.2, 0) is 23.8 Å². The molecule has 1 fully saturated rings. The minimum Gasteiger partial charge on any atom is -0.462 e. The third kappa shape index (κ3) is 7.96. The summed E-state index contributed by atoms with van der Waals surface area (Å²) in [4.78, 5) is 26.7. The van der Waals surface area contributed by atoms with Gasteiger partial charge in [0.05, 0.1) is 19.8 Å². The van der Waals surface area contributed by atoms with Gasteiger partial charge >= 0.3 is 11.9 Å². The first-order valence-corrected chi connectivity index (χ1v) is 12.3. The van der Waals surface area contributed by atoms with E-state index in [4.69, 9.17) is 14.2 Å². The van der Waals surface area contributed by atoms with Gasteiger partial charge in [-0.1, -0.05) is 30.3 Å². The topological polar surface area (TPSA) is 65.1 Å². The maximum Gasteiger partial charge on any atom is 0.345 e. The van der Waals surface area contributed by atoms with E-state index in [1.54, 1.807) is 44.2 Å². The zero-order chi connectivity index (χ0) is 25.9. The van der Waals surface area contributed by atoms with Gasteiger partial charge in [-0.05, 0) is 81.1 Å². The van der Waals surface area contributed by atoms with Gasteiger partial charge in [0.15, 0.2) is 0 Å². The monoisotopic (exact) mass is 501 g/mol. The van der Waals surface area contributed by atoms with Crippen LogP contribution in [0.15, 0.2) is 60.2 Å². The fraction of sp³-hybridized carbons (Fsp3) is 0.429. The summed E-state index contributed by atoms with van der Waals surface area (Å²) in [5, 5.41) is 0. The molecule has 8 heteroatoms. The molecule has 6 nitrogen and oxygen atoms in total. The number of carbonyl (C=O) groups excluding carboxylic acids is 2. The van der Waals surface area contributed by atoms with E-state index in [1.807, 2.05) is 0 Å². The summed E-state index contributed by atoms with van der Waals surface area (Å²) in [5.41, 5.74) is 1.54. The molecule has 1 aliphatic heterocycles. The van der Waals surface area contributed by atoms with E-state index < -0.39 is 18.0 Å². The number of piperidine rings is 1. The zero-order valence-corrected chi connectivity index (χ0v) is 20.8. The molecule has 1 saturated heterocycles. The molecule has 0 aromatic heterocycles. The number of carbonyl (C=O) groups is 2. The summed E-state index contributed by atoms with van der Waals surface area (Å²) < 4.78 is 43.1. The van der Waals surface area contributed by atoms with Gasteiger partial charge in [0.1, 0.15) is 23.3 Å². The molecule has 0 spiro atoms. The van der Waals surface area contributed by atoms with Crippen LogP contribution in [0.25, 0.3) is 0 Å². The normalized spacial score (nSPS) is 14.5. The van der Waals surface area contributed by atoms with Crippen LogP contribution in [0.4, 0.5) is 8.78 Å². The van der Waals surface area contributed by atoms with E-state index in [0.717, 1.165) is 37.1 Å². The van der Waals surface area contributed by atoms with Gasteiger partial charge in [-0.15, -0.1) is 0 Å². The maximum atomic E-state index is 13.4. The van der Waals surface area contributed by atoms with Gasteiger partial charge in [0.25, 0.3) is 0 Å². The Morgan fingerprint density at radius 3 is 1.81 bits per heavy atom. The predicted octanol–water partition coefficient (Wildman–Crippen LogP) is 4.84. The summed E-state index contributed by atoms with van der Waals surface area (Å²) in [5.74, 6) is -1.90. The van der Waals surface area contributed by atoms with Gasteiger partial charge in [-0.3, -0.25) is 0 Å². The lowest BCUT2D eigenvalue weighted by Gasteiger charge is -2.31. The van der Waals surface area contributed by atoms with E-state index in [-0.39, 0.29) is 36.3 Å². The Morgan fingerprint density at radius 2 is 1.36 bits per heavy atom. The van der Waals surface area contributed by atoms with Gasteiger partial charge in [0.2, 0.25) is 0 Å². The van der Waals surface area contributed by atoms with Gasteiger partial charge in [-0.25, -0.2) is 18.4 Å². The molecule has 36 heavy (non-hydrogen) atoms. The quantitative estimate of drug-likeness (QED) is 0.190. The molecule has 0 atom stereocenters. The molecule has 0 saturated carbocycles. The van der Waals surface area contributed by atoms with Crippen LogP contribution in [0.1, 0.15) is 43.9 Å². The summed E-state index contributed by atoms with van der Waals surface area (Å²) in [6.07, 6.45) is 2.80. The molecule has 1 aliphatic rings. The lowest BCUT2D eigenvalue weighted by Crippen LogP contribution is -2.36. The molecule has 194 valence electrons. The van der Waals surface area contributed by atoms with Crippen molar-refractivity contribution in [1.82, 2.24) is 4.90 Å². The highest BCUT2D eigenvalue weighted by molar-refractivity contribution is 6.14. The Balaban J connectivity index is 1.57. The van der Waals surface area contributed by atoms with Crippen molar-refractivity contribution in [3.63, 3.8) is 0 Å². The molecule has 1 heterocycles. The van der Waals surface area contributed by atoms with Gasteiger partial charge in [-0.2, -0.15) is 0 Å². The SMILES string of the molecule is CCOC(=O)C(=CC1CCN(CCOC(c2ccc(F)cc2)c2ccc(F)cc2)CC1)C(=O)OCC. The first kappa shape index (κ1) is 27.5. The third-order valence-corrected chi connectivity index (χ3v) is 6.06. The summed E-state index contributed by atoms with van der Waals surface area (Å²) in [6.45, 7) is 6.42. The van der Waals surface area contributed by atoms with Crippen molar-refractivity contribution in [1.29, 1.82) is 0 Å². The van der Waals surface area contributed by atoms with Crippen LogP contribution in [0.5, 0.6) is 0 Å². The molecule has 2 aromatic rings. The van der Waals surface area contributed by atoms with E-state index in [1.165, 1.54) is 24.3 Å². The Morgan fingerprint density at radius 1 is 0.889 bits per heavy atom. The first-order valence-electron chi connectivity index (χ1n) is 12.3.